The van der Waals surface area contributed by atoms with Crippen molar-refractivity contribution in [2.75, 3.05) is 0 Å². The summed E-state index contributed by atoms with van der Waals surface area (Å²) in [7, 11) is -5.55. The van der Waals surface area contributed by atoms with E-state index in [0.717, 1.165) is 49.7 Å². The third-order valence-corrected chi connectivity index (χ3v) is 11.9. The van der Waals surface area contributed by atoms with Crippen LogP contribution in [0.4, 0.5) is 0 Å². The van der Waals surface area contributed by atoms with E-state index in [1.807, 2.05) is 48.5 Å². The predicted molar refractivity (Wildman–Crippen MR) is 203 cm³/mol. The van der Waals surface area contributed by atoms with Crippen molar-refractivity contribution in [1.29, 1.82) is 0 Å². The number of hydrogen-bond acceptors (Lipinski definition) is 6. The Morgan fingerprint density at radius 2 is 0.833 bits per heavy atom. The fourth-order valence-electron chi connectivity index (χ4n) is 8.16. The molecule has 0 aromatic heterocycles. The summed E-state index contributed by atoms with van der Waals surface area (Å²) < 4.78 is 13.1. The molecule has 0 aliphatic heterocycles. The molecule has 0 amide bonds. The summed E-state index contributed by atoms with van der Waals surface area (Å²) in [6, 6.07) is 19.9. The van der Waals surface area contributed by atoms with Crippen molar-refractivity contribution in [2.45, 2.75) is 174 Å². The Morgan fingerprint density at radius 3 is 1.21 bits per heavy atom. The molecule has 0 fully saturated rings. The zero-order valence-corrected chi connectivity index (χ0v) is 32.8. The van der Waals surface area contributed by atoms with Gasteiger partial charge in [-0.1, -0.05) is 205 Å². The Labute approximate surface area is 296 Å². The second-order valence-electron chi connectivity index (χ2n) is 14.8. The minimum Gasteiger partial charge on any atom is -0.328 e. The quantitative estimate of drug-likeness (QED) is 0.0545. The lowest BCUT2D eigenvalue weighted by molar-refractivity contribution is -0.200. The Bertz CT molecular complexity index is 1080. The van der Waals surface area contributed by atoms with Crippen LogP contribution in [0.3, 0.4) is 0 Å². The smallest absolute Gasteiger partial charge is 0.327 e. The molecule has 0 heterocycles. The van der Waals surface area contributed by atoms with Crippen LogP contribution in [0.2, 0.25) is 0 Å². The van der Waals surface area contributed by atoms with Gasteiger partial charge in [-0.3, -0.25) is 4.52 Å². The normalized spacial score (nSPS) is 14.2. The molecular formula is C40H68O6P2. The average Bonchev–Trinajstić information content (AvgIpc) is 3.06. The van der Waals surface area contributed by atoms with Crippen LogP contribution in [0.25, 0.3) is 0 Å². The molecule has 8 heteroatoms. The number of benzene rings is 2. The van der Waals surface area contributed by atoms with E-state index in [1.165, 1.54) is 64.2 Å². The first-order chi connectivity index (χ1) is 22.9. The molecule has 274 valence electrons. The molecule has 0 aliphatic carbocycles. The largest absolute Gasteiger partial charge is 0.328 e. The summed E-state index contributed by atoms with van der Waals surface area (Å²) in [5.74, 6) is 0. The summed E-state index contributed by atoms with van der Waals surface area (Å²) in [5, 5.41) is 0. The van der Waals surface area contributed by atoms with Crippen molar-refractivity contribution >= 4 is 17.2 Å². The van der Waals surface area contributed by atoms with Crippen LogP contribution in [-0.2, 0) is 20.1 Å². The van der Waals surface area contributed by atoms with Gasteiger partial charge >= 0.3 is 17.2 Å². The van der Waals surface area contributed by atoms with Gasteiger partial charge in [0.05, 0.1) is 5.60 Å². The van der Waals surface area contributed by atoms with E-state index in [9.17, 15) is 19.6 Å². The van der Waals surface area contributed by atoms with Crippen molar-refractivity contribution < 1.29 is 28.6 Å². The first-order valence-corrected chi connectivity index (χ1v) is 21.1. The summed E-state index contributed by atoms with van der Waals surface area (Å²) >= 11 is 0. The predicted octanol–water partition coefficient (Wildman–Crippen LogP) is 12.1. The maximum absolute atomic E-state index is 10.8. The Morgan fingerprint density at radius 1 is 0.479 bits per heavy atom. The monoisotopic (exact) mass is 706 g/mol. The van der Waals surface area contributed by atoms with Gasteiger partial charge in [0, 0.05) is 10.8 Å². The van der Waals surface area contributed by atoms with E-state index in [4.69, 9.17) is 9.05 Å². The molecular weight excluding hydrogens is 638 g/mol. The van der Waals surface area contributed by atoms with Gasteiger partial charge in [0.25, 0.3) is 0 Å². The van der Waals surface area contributed by atoms with Gasteiger partial charge in [0.1, 0.15) is 5.60 Å². The molecule has 6 nitrogen and oxygen atoms in total. The van der Waals surface area contributed by atoms with Crippen LogP contribution in [0.1, 0.15) is 168 Å². The highest BCUT2D eigenvalue weighted by atomic mass is 31.2. The molecule has 0 saturated carbocycles. The molecule has 4 N–H and O–H groups in total. The van der Waals surface area contributed by atoms with Gasteiger partial charge in [0.15, 0.2) is 0 Å². The number of hydrogen-bond donors (Lipinski definition) is 4. The average molecular weight is 707 g/mol. The Hall–Kier alpha value is -0.940. The second-order valence-corrected chi connectivity index (χ2v) is 16.2. The van der Waals surface area contributed by atoms with E-state index >= 15 is 0 Å². The topological polar surface area (TPSA) is 99.4 Å². The molecule has 0 bridgehead atoms. The van der Waals surface area contributed by atoms with Crippen LogP contribution >= 0.6 is 17.2 Å². The lowest BCUT2D eigenvalue weighted by Gasteiger charge is -2.62. The van der Waals surface area contributed by atoms with E-state index in [-0.39, 0.29) is 0 Å². The zero-order valence-electron chi connectivity index (χ0n) is 31.0. The van der Waals surface area contributed by atoms with Gasteiger partial charge in [-0.25, -0.2) is 0 Å². The maximum Gasteiger partial charge on any atom is 0.327 e. The number of unbranched alkanes of at least 4 members (excludes halogenated alkanes) is 14. The highest BCUT2D eigenvalue weighted by Crippen LogP contribution is 2.66. The minimum atomic E-state index is -2.83. The first kappa shape index (κ1) is 43.2. The maximum atomic E-state index is 10.8. The van der Waals surface area contributed by atoms with Crippen molar-refractivity contribution in [2.24, 2.45) is 5.41 Å². The fraction of sp³-hybridized carbons (Fsp3) is 0.700. The van der Waals surface area contributed by atoms with Crippen molar-refractivity contribution in [1.82, 2.24) is 0 Å². The molecule has 0 radical (unpaired) electrons. The van der Waals surface area contributed by atoms with Gasteiger partial charge < -0.3 is 24.1 Å². The Kier molecular flexibility index (Phi) is 19.9. The highest BCUT2D eigenvalue weighted by Gasteiger charge is 2.67. The molecule has 1 unspecified atom stereocenters. The molecule has 0 aliphatic rings. The SMILES string of the molecule is CCCCCCCCCCC(CCCCCCCCCC)(OP(O)O)C(C)(C)C(OP(O)O)(c1ccccc1)C(C)(C)c1ccccc1. The lowest BCUT2D eigenvalue weighted by Crippen LogP contribution is -2.65. The molecule has 2 rings (SSSR count). The van der Waals surface area contributed by atoms with Crippen molar-refractivity contribution in [3.05, 3.63) is 71.8 Å². The van der Waals surface area contributed by atoms with E-state index in [0.29, 0.717) is 12.8 Å². The zero-order chi connectivity index (χ0) is 35.5. The molecule has 1 atom stereocenters. The lowest BCUT2D eigenvalue weighted by atomic mass is 9.49. The fourth-order valence-corrected chi connectivity index (χ4v) is 9.69. The minimum absolute atomic E-state index is 0.600. The Balaban J connectivity index is 2.67. The summed E-state index contributed by atoms with van der Waals surface area (Å²) in [6.07, 6.45) is 19.6. The van der Waals surface area contributed by atoms with E-state index in [1.54, 1.807) is 0 Å². The van der Waals surface area contributed by atoms with Crippen molar-refractivity contribution in [3.63, 3.8) is 0 Å². The molecule has 0 spiro atoms. The van der Waals surface area contributed by atoms with E-state index < -0.39 is 39.2 Å². The van der Waals surface area contributed by atoms with Crippen molar-refractivity contribution in [3.8, 4) is 0 Å². The molecule has 48 heavy (non-hydrogen) atoms. The van der Waals surface area contributed by atoms with Crippen LogP contribution in [-0.4, -0.2) is 25.2 Å². The van der Waals surface area contributed by atoms with Crippen LogP contribution in [0, 0.1) is 5.41 Å². The van der Waals surface area contributed by atoms with Gasteiger partial charge in [0.2, 0.25) is 0 Å². The summed E-state index contributed by atoms with van der Waals surface area (Å²) in [6.45, 7) is 12.8. The molecule has 0 saturated heterocycles. The van der Waals surface area contributed by atoms with Crippen LogP contribution < -0.4 is 0 Å². The summed E-state index contributed by atoms with van der Waals surface area (Å²) in [5.41, 5.74) is -2.42. The molecule has 2 aromatic rings. The second kappa shape index (κ2) is 22.1. The van der Waals surface area contributed by atoms with Crippen LogP contribution in [0.5, 0.6) is 0 Å². The first-order valence-electron chi connectivity index (χ1n) is 18.8. The number of rotatable bonds is 27. The summed E-state index contributed by atoms with van der Waals surface area (Å²) in [4.78, 5) is 43.0. The van der Waals surface area contributed by atoms with Gasteiger partial charge in [-0.05, 0) is 24.0 Å². The van der Waals surface area contributed by atoms with Gasteiger partial charge in [-0.2, -0.15) is 0 Å². The third kappa shape index (κ3) is 11.8. The molecule has 2 aromatic carbocycles. The third-order valence-electron chi connectivity index (χ3n) is 10.9. The highest BCUT2D eigenvalue weighted by molar-refractivity contribution is 7.39. The van der Waals surface area contributed by atoms with Gasteiger partial charge in [-0.15, -0.1) is 0 Å². The van der Waals surface area contributed by atoms with E-state index in [2.05, 4.69) is 53.7 Å². The standard InChI is InChI=1S/C40H68O6P2/c1-7-9-11-13-15-17-19-27-33-39(45-47(41)42,34-28-20-18-16-14-12-10-8-2)38(5,6)40(46-48(43)44,36-31-25-22-26-32-36)37(3,4)35-29-23-21-24-30-35/h21-26,29-32,41-44H,7-20,27-28,33-34H2,1-6H3. The van der Waals surface area contributed by atoms with Crippen LogP contribution in [0.15, 0.2) is 60.7 Å².